The zero-order valence-electron chi connectivity index (χ0n) is 48.3. The van der Waals surface area contributed by atoms with Gasteiger partial charge in [0.25, 0.3) is 0 Å². The van der Waals surface area contributed by atoms with Crippen LogP contribution in [0.3, 0.4) is 0 Å². The summed E-state index contributed by atoms with van der Waals surface area (Å²) in [5, 5.41) is 0. The molecule has 0 aliphatic carbocycles. The van der Waals surface area contributed by atoms with Crippen LogP contribution >= 0.6 is 0 Å². The van der Waals surface area contributed by atoms with Gasteiger partial charge >= 0.3 is 17.9 Å². The Hall–Kier alpha value is -3.93. The Kier molecular flexibility index (Phi) is 58.3. The van der Waals surface area contributed by atoms with Crippen molar-refractivity contribution < 1.29 is 28.6 Å². The fraction of sp³-hybridized carbons (Fsp3) is 0.691. The highest BCUT2D eigenvalue weighted by atomic mass is 16.6. The molecular weight excluding hydrogens is 913 g/mol. The molecule has 0 bridgehead atoms. The molecule has 0 amide bonds. The molecule has 0 aliphatic rings. The smallest absolute Gasteiger partial charge is 0.306 e. The molecule has 0 rings (SSSR count). The molecule has 0 heterocycles. The molecule has 0 fully saturated rings. The normalized spacial score (nSPS) is 12.9. The van der Waals surface area contributed by atoms with Crippen molar-refractivity contribution in [2.24, 2.45) is 0 Å². The molecule has 0 aliphatic heterocycles. The maximum absolute atomic E-state index is 12.9. The number of hydrogen-bond acceptors (Lipinski definition) is 6. The highest BCUT2D eigenvalue weighted by molar-refractivity contribution is 5.71. The molecule has 1 unspecified atom stereocenters. The average Bonchev–Trinajstić information content (AvgIpc) is 3.40. The fourth-order valence-corrected chi connectivity index (χ4v) is 8.48. The van der Waals surface area contributed by atoms with Gasteiger partial charge in [0.15, 0.2) is 6.10 Å². The number of allylic oxidation sites excluding steroid dienone is 18. The van der Waals surface area contributed by atoms with Gasteiger partial charge in [0.2, 0.25) is 0 Å². The van der Waals surface area contributed by atoms with Crippen LogP contribution in [0.2, 0.25) is 0 Å². The Morgan fingerprint density at radius 3 is 0.878 bits per heavy atom. The number of carbonyl (C=O) groups excluding carboxylic acids is 3. The second-order valence-electron chi connectivity index (χ2n) is 20.2. The van der Waals surface area contributed by atoms with Crippen LogP contribution in [0.4, 0.5) is 0 Å². The number of hydrogen-bond donors (Lipinski definition) is 0. The van der Waals surface area contributed by atoms with Crippen molar-refractivity contribution in [2.75, 3.05) is 13.2 Å². The van der Waals surface area contributed by atoms with Crippen LogP contribution in [-0.4, -0.2) is 37.2 Å². The van der Waals surface area contributed by atoms with E-state index in [4.69, 9.17) is 14.2 Å². The summed E-state index contributed by atoms with van der Waals surface area (Å²) in [6.45, 7) is 6.37. The Morgan fingerprint density at radius 2 is 0.554 bits per heavy atom. The predicted molar refractivity (Wildman–Crippen MR) is 320 cm³/mol. The van der Waals surface area contributed by atoms with Gasteiger partial charge in [-0.25, -0.2) is 0 Å². The molecular formula is C68H114O6. The van der Waals surface area contributed by atoms with Crippen molar-refractivity contribution in [3.8, 4) is 0 Å². The Bertz CT molecular complexity index is 1510. The molecule has 0 radical (unpaired) electrons. The van der Waals surface area contributed by atoms with E-state index in [1.165, 1.54) is 135 Å². The minimum atomic E-state index is -0.824. The summed E-state index contributed by atoms with van der Waals surface area (Å²) in [7, 11) is 0. The van der Waals surface area contributed by atoms with Crippen molar-refractivity contribution in [1.29, 1.82) is 0 Å². The van der Waals surface area contributed by atoms with Gasteiger partial charge in [-0.3, -0.25) is 14.4 Å². The highest BCUT2D eigenvalue weighted by Gasteiger charge is 2.19. The maximum atomic E-state index is 12.9. The van der Waals surface area contributed by atoms with Crippen molar-refractivity contribution in [1.82, 2.24) is 0 Å². The minimum absolute atomic E-state index is 0.110. The predicted octanol–water partition coefficient (Wildman–Crippen LogP) is 21.0. The first-order valence-electron chi connectivity index (χ1n) is 30.9. The Morgan fingerprint density at radius 1 is 0.284 bits per heavy atom. The summed E-state index contributed by atoms with van der Waals surface area (Å²) in [5.74, 6) is -0.998. The van der Waals surface area contributed by atoms with E-state index >= 15 is 0 Å². The van der Waals surface area contributed by atoms with E-state index < -0.39 is 12.1 Å². The van der Waals surface area contributed by atoms with E-state index in [1.807, 2.05) is 6.08 Å². The average molecular weight is 1030 g/mol. The second-order valence-corrected chi connectivity index (χ2v) is 20.2. The molecule has 0 saturated carbocycles. The Balaban J connectivity index is 4.48. The first-order valence-corrected chi connectivity index (χ1v) is 30.9. The summed E-state index contributed by atoms with van der Waals surface area (Å²) in [4.78, 5) is 38.3. The zero-order chi connectivity index (χ0) is 53.6. The fourth-order valence-electron chi connectivity index (χ4n) is 8.48. The lowest BCUT2D eigenvalue weighted by atomic mass is 10.0. The van der Waals surface area contributed by atoms with Crippen molar-refractivity contribution in [3.05, 3.63) is 109 Å². The van der Waals surface area contributed by atoms with Gasteiger partial charge in [-0.2, -0.15) is 0 Å². The third-order valence-electron chi connectivity index (χ3n) is 13.0. The lowest BCUT2D eigenvalue weighted by Crippen LogP contribution is -2.30. The van der Waals surface area contributed by atoms with Crippen molar-refractivity contribution in [3.63, 3.8) is 0 Å². The van der Waals surface area contributed by atoms with Gasteiger partial charge < -0.3 is 14.2 Å². The van der Waals surface area contributed by atoms with Crippen LogP contribution in [0.15, 0.2) is 109 Å². The topological polar surface area (TPSA) is 78.9 Å². The van der Waals surface area contributed by atoms with Gasteiger partial charge in [-0.15, -0.1) is 0 Å². The van der Waals surface area contributed by atoms with E-state index in [-0.39, 0.29) is 31.6 Å². The third-order valence-corrected chi connectivity index (χ3v) is 13.0. The molecule has 0 N–H and O–H groups in total. The van der Waals surface area contributed by atoms with Gasteiger partial charge in [0.1, 0.15) is 13.2 Å². The lowest BCUT2D eigenvalue weighted by Gasteiger charge is -2.18. The third kappa shape index (κ3) is 59.0. The molecule has 0 aromatic heterocycles. The number of rotatable bonds is 55. The van der Waals surface area contributed by atoms with Crippen LogP contribution in [0.25, 0.3) is 0 Å². The van der Waals surface area contributed by atoms with Crippen molar-refractivity contribution >= 4 is 17.9 Å². The molecule has 0 saturated heterocycles. The summed E-state index contributed by atoms with van der Waals surface area (Å²) in [5.41, 5.74) is 0. The van der Waals surface area contributed by atoms with Crippen LogP contribution in [0, 0.1) is 0 Å². The van der Waals surface area contributed by atoms with Gasteiger partial charge in [-0.05, 0) is 89.9 Å². The second kappa shape index (κ2) is 61.6. The minimum Gasteiger partial charge on any atom is -0.462 e. The largest absolute Gasteiger partial charge is 0.462 e. The lowest BCUT2D eigenvalue weighted by molar-refractivity contribution is -0.166. The van der Waals surface area contributed by atoms with E-state index in [1.54, 1.807) is 0 Å². The van der Waals surface area contributed by atoms with E-state index in [0.29, 0.717) is 19.3 Å². The molecule has 0 aromatic rings. The number of carbonyl (C=O) groups is 3. The highest BCUT2D eigenvalue weighted by Crippen LogP contribution is 2.16. The summed E-state index contributed by atoms with van der Waals surface area (Å²) < 4.78 is 16.8. The van der Waals surface area contributed by atoms with Gasteiger partial charge in [0, 0.05) is 19.3 Å². The van der Waals surface area contributed by atoms with Crippen LogP contribution in [0.5, 0.6) is 0 Å². The maximum Gasteiger partial charge on any atom is 0.306 e. The molecule has 6 nitrogen and oxygen atoms in total. The molecule has 6 heteroatoms. The van der Waals surface area contributed by atoms with Crippen LogP contribution < -0.4 is 0 Å². The van der Waals surface area contributed by atoms with E-state index in [2.05, 4.69) is 124 Å². The van der Waals surface area contributed by atoms with Crippen molar-refractivity contribution in [2.45, 2.75) is 290 Å². The van der Waals surface area contributed by atoms with Crippen LogP contribution in [-0.2, 0) is 28.6 Å². The number of ether oxygens (including phenoxy) is 3. The molecule has 0 spiro atoms. The number of esters is 3. The van der Waals surface area contributed by atoms with Gasteiger partial charge in [0.05, 0.1) is 0 Å². The van der Waals surface area contributed by atoms with E-state index in [0.717, 1.165) is 103 Å². The van der Waals surface area contributed by atoms with E-state index in [9.17, 15) is 14.4 Å². The first kappa shape index (κ1) is 70.1. The zero-order valence-corrected chi connectivity index (χ0v) is 48.3. The molecule has 1 atom stereocenters. The summed E-state index contributed by atoms with van der Waals surface area (Å²) in [6, 6.07) is 0. The van der Waals surface area contributed by atoms with Gasteiger partial charge in [-0.1, -0.05) is 284 Å². The molecule has 74 heavy (non-hydrogen) atoms. The SMILES string of the molecule is CC/C=C\C/C=C\C/C=C\C/C=C\C/C=C\C/C=C\CCC(=O)OC(COC(=O)CCCCCCCCC/C=C\C/C=C\C/C=C\CC)COC(=O)CCCCCCCCCCCCCCCCCCCCCC. The summed E-state index contributed by atoms with van der Waals surface area (Å²) in [6.07, 6.45) is 83.9. The molecule has 422 valence electrons. The summed E-state index contributed by atoms with van der Waals surface area (Å²) >= 11 is 0. The first-order chi connectivity index (χ1) is 36.5. The number of unbranched alkanes of at least 4 members (excludes halogenated alkanes) is 26. The molecule has 0 aromatic carbocycles. The Labute approximate surface area is 457 Å². The standard InChI is InChI=1S/C68H114O6/c1-4-7-10-13-16-19-22-25-28-31-33-35-37-40-43-46-49-52-55-58-61-67(70)73-64-65(63-72-66(69)60-57-54-51-48-45-42-39-36-30-27-24-21-18-15-12-9-6-3)74-68(71)62-59-56-53-50-47-44-41-38-34-32-29-26-23-20-17-14-11-8-5-2/h8-9,11-12,17-18,20-21,26-27,29-30,34,38,44,47,53,56,65H,4-7,10,13-16,19,22-25,28,31-33,35-37,39-43,45-46,48-52,54-55,57-64H2,1-3H3/b11-8-,12-9-,20-17-,21-18-,29-26-,30-27-,38-34-,47-44-,56-53-. The quantitative estimate of drug-likeness (QED) is 0.0261. The monoisotopic (exact) mass is 1030 g/mol. The van der Waals surface area contributed by atoms with Crippen LogP contribution in [0.1, 0.15) is 284 Å².